The molecule has 1 saturated carbocycles. The number of rotatable bonds is 7. The van der Waals surface area contributed by atoms with Crippen LogP contribution in [0.15, 0.2) is 47.5 Å². The van der Waals surface area contributed by atoms with E-state index in [0.29, 0.717) is 18.5 Å². The van der Waals surface area contributed by atoms with Gasteiger partial charge < -0.3 is 20.1 Å². The second kappa shape index (κ2) is 10.5. The molecule has 152 valence electrons. The van der Waals surface area contributed by atoms with Gasteiger partial charge in [0.1, 0.15) is 0 Å². The zero-order valence-corrected chi connectivity index (χ0v) is 19.3. The number of aliphatic imine (C=N–C) groups is 1. The average molecular weight is 495 g/mol. The molecule has 2 atom stereocenters. The third-order valence-corrected chi connectivity index (χ3v) is 4.91. The number of hydrogen-bond acceptors (Lipinski definition) is 3. The van der Waals surface area contributed by atoms with Crippen LogP contribution in [-0.2, 0) is 6.54 Å². The summed E-state index contributed by atoms with van der Waals surface area (Å²) in [5.74, 6) is 2.88. The summed E-state index contributed by atoms with van der Waals surface area (Å²) in [7, 11) is 3.29. The van der Waals surface area contributed by atoms with E-state index in [1.165, 1.54) is 11.1 Å². The quantitative estimate of drug-likeness (QED) is 0.343. The van der Waals surface area contributed by atoms with Gasteiger partial charge in [-0.2, -0.15) is 0 Å². The zero-order chi connectivity index (χ0) is 19.2. The van der Waals surface area contributed by atoms with Crippen molar-refractivity contribution in [3.8, 4) is 11.5 Å². The molecule has 0 aliphatic heterocycles. The number of benzene rings is 2. The van der Waals surface area contributed by atoms with Gasteiger partial charge in [-0.3, -0.25) is 0 Å². The van der Waals surface area contributed by atoms with E-state index in [1.54, 1.807) is 14.2 Å². The van der Waals surface area contributed by atoms with Gasteiger partial charge in [0.05, 0.1) is 20.8 Å². The smallest absolute Gasteiger partial charge is 0.191 e. The van der Waals surface area contributed by atoms with E-state index in [-0.39, 0.29) is 24.0 Å². The lowest BCUT2D eigenvalue weighted by Crippen LogP contribution is -2.39. The molecule has 1 aliphatic rings. The normalized spacial score (nSPS) is 18.1. The first kappa shape index (κ1) is 22.3. The van der Waals surface area contributed by atoms with Gasteiger partial charge in [0, 0.05) is 18.5 Å². The molecule has 1 aliphatic carbocycles. The molecule has 0 amide bonds. The topological polar surface area (TPSA) is 54.9 Å². The van der Waals surface area contributed by atoms with Crippen LogP contribution in [0.5, 0.6) is 11.5 Å². The van der Waals surface area contributed by atoms with Gasteiger partial charge in [-0.1, -0.05) is 30.3 Å². The van der Waals surface area contributed by atoms with Crippen LogP contribution < -0.4 is 20.1 Å². The highest BCUT2D eigenvalue weighted by molar-refractivity contribution is 14.0. The molecule has 5 nitrogen and oxygen atoms in total. The molecule has 3 rings (SSSR count). The Balaban J connectivity index is 0.00000280. The van der Waals surface area contributed by atoms with E-state index < -0.39 is 0 Å². The van der Waals surface area contributed by atoms with Gasteiger partial charge in [0.15, 0.2) is 17.5 Å². The standard InChI is InChI=1S/C22H29N3O2.HI/c1-5-23-22(24-14-16-10-11-20(26-3)21(12-16)27-4)25-19-13-18(19)17-9-7-6-8-15(17)2;/h6-12,18-19H,5,13-14H2,1-4H3,(H2,23,24,25);1H. The molecule has 0 radical (unpaired) electrons. The first-order valence-electron chi connectivity index (χ1n) is 9.47. The number of ether oxygens (including phenoxy) is 2. The summed E-state index contributed by atoms with van der Waals surface area (Å²) in [6.45, 7) is 5.68. The highest BCUT2D eigenvalue weighted by Gasteiger charge is 2.39. The summed E-state index contributed by atoms with van der Waals surface area (Å²) in [5, 5.41) is 6.92. The van der Waals surface area contributed by atoms with Crippen LogP contribution in [0.3, 0.4) is 0 Å². The fourth-order valence-corrected chi connectivity index (χ4v) is 3.35. The maximum Gasteiger partial charge on any atom is 0.191 e. The Morgan fingerprint density at radius 3 is 2.54 bits per heavy atom. The van der Waals surface area contributed by atoms with Crippen LogP contribution >= 0.6 is 24.0 Å². The Labute approximate surface area is 184 Å². The van der Waals surface area contributed by atoms with Crippen LogP contribution in [0.1, 0.15) is 36.0 Å². The summed E-state index contributed by atoms with van der Waals surface area (Å²) in [4.78, 5) is 4.74. The lowest BCUT2D eigenvalue weighted by molar-refractivity contribution is 0.354. The van der Waals surface area contributed by atoms with Crippen LogP contribution in [0.25, 0.3) is 0 Å². The highest BCUT2D eigenvalue weighted by Crippen LogP contribution is 2.42. The molecule has 0 bridgehead atoms. The lowest BCUT2D eigenvalue weighted by Gasteiger charge is -2.13. The zero-order valence-electron chi connectivity index (χ0n) is 17.0. The van der Waals surface area contributed by atoms with Crippen molar-refractivity contribution in [2.45, 2.75) is 38.8 Å². The van der Waals surface area contributed by atoms with Gasteiger partial charge in [-0.05, 0) is 49.1 Å². The van der Waals surface area contributed by atoms with Gasteiger partial charge in [0.2, 0.25) is 0 Å². The first-order valence-corrected chi connectivity index (χ1v) is 9.47. The van der Waals surface area contributed by atoms with Gasteiger partial charge in [-0.25, -0.2) is 4.99 Å². The van der Waals surface area contributed by atoms with E-state index in [1.807, 2.05) is 18.2 Å². The molecule has 0 heterocycles. The van der Waals surface area contributed by atoms with Crippen molar-refractivity contribution in [2.75, 3.05) is 20.8 Å². The number of nitrogens with one attached hydrogen (secondary N) is 2. The molecule has 0 spiro atoms. The summed E-state index contributed by atoms with van der Waals surface area (Å²) >= 11 is 0. The van der Waals surface area contributed by atoms with Gasteiger partial charge in [-0.15, -0.1) is 24.0 Å². The first-order chi connectivity index (χ1) is 13.2. The molecule has 0 aromatic heterocycles. The molecule has 2 aromatic carbocycles. The Kier molecular flexibility index (Phi) is 8.41. The van der Waals surface area contributed by atoms with Crippen LogP contribution in [-0.4, -0.2) is 32.8 Å². The van der Waals surface area contributed by atoms with Crippen molar-refractivity contribution >= 4 is 29.9 Å². The Morgan fingerprint density at radius 1 is 1.11 bits per heavy atom. The molecule has 2 unspecified atom stereocenters. The SMILES string of the molecule is CCNC(=NCc1ccc(OC)c(OC)c1)NC1CC1c1ccccc1C.I. The van der Waals surface area contributed by atoms with Gasteiger partial charge >= 0.3 is 0 Å². The molecular formula is C22H30IN3O2. The van der Waals surface area contributed by atoms with Crippen LogP contribution in [0.2, 0.25) is 0 Å². The van der Waals surface area contributed by atoms with E-state index in [0.717, 1.165) is 36.0 Å². The number of aryl methyl sites for hydroxylation is 1. The fraction of sp³-hybridized carbons (Fsp3) is 0.409. The largest absolute Gasteiger partial charge is 0.493 e. The summed E-state index contributed by atoms with van der Waals surface area (Å²) in [6, 6.07) is 15.0. The van der Waals surface area contributed by atoms with Crippen molar-refractivity contribution in [2.24, 2.45) is 4.99 Å². The third kappa shape index (κ3) is 5.53. The molecule has 1 fully saturated rings. The highest BCUT2D eigenvalue weighted by atomic mass is 127. The molecule has 0 saturated heterocycles. The number of nitrogens with zero attached hydrogens (tertiary/aromatic N) is 1. The maximum atomic E-state index is 5.38. The third-order valence-electron chi connectivity index (χ3n) is 4.91. The van der Waals surface area contributed by atoms with E-state index in [9.17, 15) is 0 Å². The summed E-state index contributed by atoms with van der Waals surface area (Å²) in [6.07, 6.45) is 1.14. The minimum Gasteiger partial charge on any atom is -0.493 e. The molecule has 2 N–H and O–H groups in total. The Bertz CT molecular complexity index is 810. The lowest BCUT2D eigenvalue weighted by atomic mass is 10.0. The van der Waals surface area contributed by atoms with Crippen LogP contribution in [0, 0.1) is 6.92 Å². The monoisotopic (exact) mass is 495 g/mol. The molecule has 28 heavy (non-hydrogen) atoms. The molecular weight excluding hydrogens is 465 g/mol. The van der Waals surface area contributed by atoms with Crippen molar-refractivity contribution in [1.29, 1.82) is 0 Å². The second-order valence-corrected chi connectivity index (χ2v) is 6.83. The van der Waals surface area contributed by atoms with E-state index >= 15 is 0 Å². The predicted octanol–water partition coefficient (Wildman–Crippen LogP) is 4.24. The summed E-state index contributed by atoms with van der Waals surface area (Å²) < 4.78 is 10.7. The van der Waals surface area contributed by atoms with E-state index in [4.69, 9.17) is 14.5 Å². The minimum atomic E-state index is 0. The number of halogens is 1. The van der Waals surface area contributed by atoms with Crippen LogP contribution in [0.4, 0.5) is 0 Å². The van der Waals surface area contributed by atoms with Gasteiger partial charge in [0.25, 0.3) is 0 Å². The van der Waals surface area contributed by atoms with Crippen molar-refractivity contribution < 1.29 is 9.47 Å². The number of guanidine groups is 1. The van der Waals surface area contributed by atoms with Crippen molar-refractivity contribution in [3.63, 3.8) is 0 Å². The predicted molar refractivity (Wildman–Crippen MR) is 125 cm³/mol. The van der Waals surface area contributed by atoms with Crippen molar-refractivity contribution in [3.05, 3.63) is 59.2 Å². The average Bonchev–Trinajstić information content (AvgIpc) is 3.45. The fourth-order valence-electron chi connectivity index (χ4n) is 3.35. The molecule has 6 heteroatoms. The number of hydrogen-bond donors (Lipinski definition) is 2. The Hall–Kier alpha value is -1.96. The van der Waals surface area contributed by atoms with Crippen molar-refractivity contribution in [1.82, 2.24) is 10.6 Å². The minimum absolute atomic E-state index is 0. The Morgan fingerprint density at radius 2 is 1.86 bits per heavy atom. The van der Waals surface area contributed by atoms with E-state index in [2.05, 4.69) is 48.7 Å². The summed E-state index contributed by atoms with van der Waals surface area (Å²) in [5.41, 5.74) is 3.88. The number of methoxy groups -OCH3 is 2. The maximum absolute atomic E-state index is 5.38. The second-order valence-electron chi connectivity index (χ2n) is 6.83. The molecule has 2 aromatic rings.